The van der Waals surface area contributed by atoms with Gasteiger partial charge in [0, 0.05) is 5.54 Å². The van der Waals surface area contributed by atoms with Crippen LogP contribution in [0.5, 0.6) is 0 Å². The van der Waals surface area contributed by atoms with Gasteiger partial charge in [0.2, 0.25) is 0 Å². The molecule has 0 amide bonds. The van der Waals surface area contributed by atoms with E-state index >= 15 is 0 Å². The summed E-state index contributed by atoms with van der Waals surface area (Å²) in [4.78, 5) is 11.4. The second kappa shape index (κ2) is 5.73. The molecule has 4 heteroatoms. The molecule has 0 aromatic heterocycles. The van der Waals surface area contributed by atoms with Gasteiger partial charge in [0.25, 0.3) is 0 Å². The first-order chi connectivity index (χ1) is 6.49. The van der Waals surface area contributed by atoms with Crippen molar-refractivity contribution in [3.05, 3.63) is 35.9 Å². The van der Waals surface area contributed by atoms with Gasteiger partial charge in [-0.25, -0.2) is 4.79 Å². The lowest BCUT2D eigenvalue weighted by Crippen LogP contribution is -2.38. The van der Waals surface area contributed by atoms with Gasteiger partial charge >= 0.3 is 5.97 Å². The zero-order chi connectivity index (χ0) is 10.6. The van der Waals surface area contributed by atoms with E-state index in [4.69, 9.17) is 10.5 Å². The van der Waals surface area contributed by atoms with Crippen molar-refractivity contribution in [3.63, 3.8) is 0 Å². The second-order valence-electron chi connectivity index (χ2n) is 3.93. The summed E-state index contributed by atoms with van der Waals surface area (Å²) in [6, 6.07) is 8.87. The molecule has 1 aromatic carbocycles. The van der Waals surface area contributed by atoms with Gasteiger partial charge in [-0.3, -0.25) is 0 Å². The topological polar surface area (TPSA) is 52.3 Å². The Balaban J connectivity index is 0.00000196. The number of benzene rings is 1. The average Bonchev–Trinajstić information content (AvgIpc) is 2.14. The largest absolute Gasteiger partial charge is 0.460 e. The van der Waals surface area contributed by atoms with Crippen LogP contribution in [0.4, 0.5) is 0 Å². The third-order valence-electron chi connectivity index (χ3n) is 1.58. The zero-order valence-electron chi connectivity index (χ0n) is 8.90. The fraction of sp³-hybridized carbons (Fsp3) is 0.364. The van der Waals surface area contributed by atoms with Gasteiger partial charge in [-0.1, -0.05) is 18.2 Å². The van der Waals surface area contributed by atoms with E-state index in [-0.39, 0.29) is 25.0 Å². The van der Waals surface area contributed by atoms with Crippen molar-refractivity contribution in [1.82, 2.24) is 0 Å². The Morgan fingerprint density at radius 3 is 2.33 bits per heavy atom. The summed E-state index contributed by atoms with van der Waals surface area (Å²) in [5.41, 5.74) is 5.76. The molecular weight excluding hydrogens is 214 g/mol. The third kappa shape index (κ3) is 5.40. The Labute approximate surface area is 96.0 Å². The summed E-state index contributed by atoms with van der Waals surface area (Å²) in [5, 5.41) is 0. The molecule has 0 aliphatic carbocycles. The Hall–Kier alpha value is -1.06. The van der Waals surface area contributed by atoms with Crippen molar-refractivity contribution < 1.29 is 9.53 Å². The highest BCUT2D eigenvalue weighted by atomic mass is 35.5. The van der Waals surface area contributed by atoms with E-state index < -0.39 is 5.54 Å². The normalized spacial score (nSPS) is 10.3. The molecule has 84 valence electrons. The molecule has 0 fully saturated rings. The maximum Gasteiger partial charge on any atom is 0.338 e. The summed E-state index contributed by atoms with van der Waals surface area (Å²) < 4.78 is 5.03. The van der Waals surface area contributed by atoms with Crippen molar-refractivity contribution >= 4 is 18.4 Å². The Bertz CT molecular complexity index is 306. The van der Waals surface area contributed by atoms with Crippen LogP contribution in [0.1, 0.15) is 24.2 Å². The van der Waals surface area contributed by atoms with E-state index in [1.54, 1.807) is 24.3 Å². The van der Waals surface area contributed by atoms with Crippen LogP contribution in [0.15, 0.2) is 30.3 Å². The number of rotatable bonds is 3. The number of esters is 1. The first-order valence-corrected chi connectivity index (χ1v) is 4.50. The van der Waals surface area contributed by atoms with Gasteiger partial charge in [0.15, 0.2) is 0 Å². The van der Waals surface area contributed by atoms with Gasteiger partial charge in [-0.2, -0.15) is 0 Å². The minimum atomic E-state index is -0.482. The van der Waals surface area contributed by atoms with Crippen LogP contribution in [0, 0.1) is 0 Å². The first-order valence-electron chi connectivity index (χ1n) is 4.50. The van der Waals surface area contributed by atoms with Crippen LogP contribution in [-0.4, -0.2) is 18.1 Å². The highest BCUT2D eigenvalue weighted by Gasteiger charge is 2.14. The fourth-order valence-corrected chi connectivity index (χ4v) is 0.909. The molecular formula is C11H16ClNO2. The second-order valence-corrected chi connectivity index (χ2v) is 3.93. The van der Waals surface area contributed by atoms with E-state index in [9.17, 15) is 4.79 Å². The van der Waals surface area contributed by atoms with Gasteiger partial charge in [-0.15, -0.1) is 12.4 Å². The van der Waals surface area contributed by atoms with Crippen LogP contribution in [-0.2, 0) is 4.74 Å². The predicted octanol–water partition coefficient (Wildman–Crippen LogP) is 2.00. The number of carbonyl (C=O) groups excluding carboxylic acids is 1. The van der Waals surface area contributed by atoms with Gasteiger partial charge in [0.05, 0.1) is 5.56 Å². The molecule has 3 nitrogen and oxygen atoms in total. The molecule has 0 aliphatic heterocycles. The monoisotopic (exact) mass is 229 g/mol. The summed E-state index contributed by atoms with van der Waals surface area (Å²) in [6.07, 6.45) is 0. The summed E-state index contributed by atoms with van der Waals surface area (Å²) >= 11 is 0. The maximum atomic E-state index is 11.4. The summed E-state index contributed by atoms with van der Waals surface area (Å²) in [5.74, 6) is -0.330. The van der Waals surface area contributed by atoms with E-state index in [0.29, 0.717) is 5.56 Å². The smallest absolute Gasteiger partial charge is 0.338 e. The molecule has 0 radical (unpaired) electrons. The molecule has 1 aromatic rings. The molecule has 0 unspecified atom stereocenters. The van der Waals surface area contributed by atoms with E-state index in [1.165, 1.54) is 0 Å². The van der Waals surface area contributed by atoms with Crippen LogP contribution >= 0.6 is 12.4 Å². The molecule has 0 aliphatic rings. The molecule has 2 N–H and O–H groups in total. The first kappa shape index (κ1) is 13.9. The van der Waals surface area contributed by atoms with Crippen LogP contribution < -0.4 is 5.73 Å². The van der Waals surface area contributed by atoms with Crippen LogP contribution in [0.3, 0.4) is 0 Å². The Morgan fingerprint density at radius 1 is 1.33 bits per heavy atom. The average molecular weight is 230 g/mol. The van der Waals surface area contributed by atoms with E-state index in [2.05, 4.69) is 0 Å². The molecule has 0 atom stereocenters. The zero-order valence-corrected chi connectivity index (χ0v) is 9.71. The highest BCUT2D eigenvalue weighted by molar-refractivity contribution is 5.89. The third-order valence-corrected chi connectivity index (χ3v) is 1.58. The van der Waals surface area contributed by atoms with Crippen molar-refractivity contribution in [1.29, 1.82) is 0 Å². The lowest BCUT2D eigenvalue weighted by atomic mass is 10.1. The fourth-order valence-electron chi connectivity index (χ4n) is 0.909. The number of hydrogen-bond donors (Lipinski definition) is 1. The van der Waals surface area contributed by atoms with E-state index in [0.717, 1.165) is 0 Å². The number of halogens is 1. The Morgan fingerprint density at radius 2 is 1.87 bits per heavy atom. The number of ether oxygens (including phenoxy) is 1. The van der Waals surface area contributed by atoms with Crippen LogP contribution in [0.25, 0.3) is 0 Å². The van der Waals surface area contributed by atoms with Crippen molar-refractivity contribution in [2.24, 2.45) is 5.73 Å². The molecule has 0 heterocycles. The predicted molar refractivity (Wildman–Crippen MR) is 62.2 cm³/mol. The minimum Gasteiger partial charge on any atom is -0.460 e. The summed E-state index contributed by atoms with van der Waals surface area (Å²) in [7, 11) is 0. The quantitative estimate of drug-likeness (QED) is 0.807. The maximum absolute atomic E-state index is 11.4. The van der Waals surface area contributed by atoms with E-state index in [1.807, 2.05) is 19.9 Å². The molecule has 0 saturated carbocycles. The van der Waals surface area contributed by atoms with Gasteiger partial charge < -0.3 is 10.5 Å². The molecule has 0 spiro atoms. The van der Waals surface area contributed by atoms with Gasteiger partial charge in [0.1, 0.15) is 6.61 Å². The van der Waals surface area contributed by atoms with Crippen molar-refractivity contribution in [3.8, 4) is 0 Å². The number of carbonyl (C=O) groups is 1. The minimum absolute atomic E-state index is 0. The van der Waals surface area contributed by atoms with Gasteiger partial charge in [-0.05, 0) is 26.0 Å². The molecule has 0 bridgehead atoms. The standard InChI is InChI=1S/C11H15NO2.ClH/c1-11(2,12)8-14-10(13)9-6-4-3-5-7-9;/h3-7H,8,12H2,1-2H3;1H. The number of nitrogens with two attached hydrogens (primary N) is 1. The lowest BCUT2D eigenvalue weighted by Gasteiger charge is -2.17. The molecule has 1 rings (SSSR count). The molecule has 15 heavy (non-hydrogen) atoms. The lowest BCUT2D eigenvalue weighted by molar-refractivity contribution is 0.0433. The summed E-state index contributed by atoms with van der Waals surface area (Å²) in [6.45, 7) is 3.84. The Kier molecular flexibility index (Phi) is 5.33. The SMILES string of the molecule is CC(C)(N)COC(=O)c1ccccc1.Cl. The van der Waals surface area contributed by atoms with Crippen molar-refractivity contribution in [2.75, 3.05) is 6.61 Å². The molecule has 0 saturated heterocycles. The number of hydrogen-bond acceptors (Lipinski definition) is 3. The highest BCUT2D eigenvalue weighted by Crippen LogP contribution is 2.04. The van der Waals surface area contributed by atoms with Crippen molar-refractivity contribution in [2.45, 2.75) is 19.4 Å². The van der Waals surface area contributed by atoms with Crippen LogP contribution in [0.2, 0.25) is 0 Å².